The van der Waals surface area contributed by atoms with Gasteiger partial charge in [0.05, 0.1) is 0 Å². The number of hydrogen-bond donors (Lipinski definition) is 3. The van der Waals surface area contributed by atoms with Crippen LogP contribution in [0.5, 0.6) is 0 Å². The van der Waals surface area contributed by atoms with E-state index in [-0.39, 0.29) is 0 Å². The molecule has 6 heteroatoms. The van der Waals surface area contributed by atoms with Crippen molar-refractivity contribution in [3.05, 3.63) is 12.2 Å². The summed E-state index contributed by atoms with van der Waals surface area (Å²) >= 11 is 9.13. The minimum atomic E-state index is -2.76. The highest BCUT2D eigenvalue weighted by Crippen LogP contribution is 2.34. The largest absolute Gasteiger partial charge is 0.340 e. The Bertz CT molecular complexity index is 116. The molecule has 0 rings (SSSR count). The first-order valence-electron chi connectivity index (χ1n) is 2.15. The number of alkyl halides is 3. The molecule has 3 N–H and O–H groups in total. The fourth-order valence-corrected chi connectivity index (χ4v) is 0.603. The molecule has 0 amide bonds. The van der Waals surface area contributed by atoms with Crippen LogP contribution in [0, 0.1) is 0 Å². The molecule has 0 saturated carbocycles. The maximum absolute atomic E-state index is 8.34. The molecular formula is C4H5Br3O3. The van der Waals surface area contributed by atoms with Crippen molar-refractivity contribution < 1.29 is 15.3 Å². The van der Waals surface area contributed by atoms with Crippen LogP contribution < -0.4 is 0 Å². The molecule has 3 nitrogen and oxygen atoms in total. The average molecular weight is 341 g/mol. The minimum absolute atomic E-state index is 0.716. The van der Waals surface area contributed by atoms with E-state index < -0.39 is 8.12 Å². The fraction of sp³-hybridized carbons (Fsp3) is 0.500. The Morgan fingerprint density at radius 2 is 1.30 bits per heavy atom. The molecule has 0 bridgehead atoms. The molecule has 60 valence electrons. The summed E-state index contributed by atoms with van der Waals surface area (Å²) in [5.74, 6) is -2.76. The van der Waals surface area contributed by atoms with Crippen LogP contribution in [-0.2, 0) is 0 Å². The standard InChI is InChI=1S/C4H5Br3O3/c5-3(6,7)1-2-4(8,9)10/h1-2,8-10H. The quantitative estimate of drug-likeness (QED) is 0.379. The van der Waals surface area contributed by atoms with E-state index in [0.717, 1.165) is 6.08 Å². The van der Waals surface area contributed by atoms with Crippen molar-refractivity contribution in [3.63, 3.8) is 0 Å². The van der Waals surface area contributed by atoms with Gasteiger partial charge in [-0.05, 0) is 6.08 Å². The van der Waals surface area contributed by atoms with Gasteiger partial charge in [-0.25, -0.2) is 0 Å². The van der Waals surface area contributed by atoms with E-state index in [4.69, 9.17) is 15.3 Å². The lowest BCUT2D eigenvalue weighted by Crippen LogP contribution is -2.23. The van der Waals surface area contributed by atoms with Crippen LogP contribution in [0.25, 0.3) is 0 Å². The predicted molar refractivity (Wildman–Crippen MR) is 48.0 cm³/mol. The lowest BCUT2D eigenvalue weighted by atomic mass is 10.5. The first kappa shape index (κ1) is 11.1. The maximum atomic E-state index is 8.34. The zero-order valence-corrected chi connectivity index (χ0v) is 9.39. The van der Waals surface area contributed by atoms with Gasteiger partial charge in [-0.3, -0.25) is 0 Å². The summed E-state index contributed by atoms with van der Waals surface area (Å²) in [5.41, 5.74) is 0. The summed E-state index contributed by atoms with van der Waals surface area (Å²) in [5, 5.41) is 25.0. The number of rotatable bonds is 1. The van der Waals surface area contributed by atoms with Gasteiger partial charge in [0.2, 0.25) is 0 Å². The third-order valence-corrected chi connectivity index (χ3v) is 1.29. The first-order valence-corrected chi connectivity index (χ1v) is 4.53. The maximum Gasteiger partial charge on any atom is 0.297 e. The molecule has 0 unspecified atom stereocenters. The lowest BCUT2D eigenvalue weighted by Gasteiger charge is -2.10. The predicted octanol–water partition coefficient (Wildman–Crippen LogP) is 1.01. The van der Waals surface area contributed by atoms with Gasteiger partial charge in [0.1, 0.15) is 0 Å². The Morgan fingerprint density at radius 1 is 0.900 bits per heavy atom. The van der Waals surface area contributed by atoms with E-state index in [1.54, 1.807) is 0 Å². The molecule has 0 aliphatic heterocycles. The van der Waals surface area contributed by atoms with Crippen LogP contribution in [0.2, 0.25) is 0 Å². The van der Waals surface area contributed by atoms with Crippen molar-refractivity contribution >= 4 is 47.8 Å². The topological polar surface area (TPSA) is 60.7 Å². The van der Waals surface area contributed by atoms with E-state index >= 15 is 0 Å². The summed E-state index contributed by atoms with van der Waals surface area (Å²) < 4.78 is -0.716. The Balaban J connectivity index is 4.01. The molecule has 10 heavy (non-hydrogen) atoms. The van der Waals surface area contributed by atoms with Crippen LogP contribution in [-0.4, -0.2) is 23.4 Å². The number of hydrogen-bond acceptors (Lipinski definition) is 3. The average Bonchev–Trinajstić information content (AvgIpc) is 1.57. The summed E-state index contributed by atoms with van der Waals surface area (Å²) in [4.78, 5) is 0. The van der Waals surface area contributed by atoms with Crippen molar-refractivity contribution in [3.8, 4) is 0 Å². The minimum Gasteiger partial charge on any atom is -0.340 e. The van der Waals surface area contributed by atoms with Gasteiger partial charge >= 0.3 is 0 Å². The summed E-state index contributed by atoms with van der Waals surface area (Å²) in [6.07, 6.45) is 2.07. The molecule has 0 radical (unpaired) electrons. The number of aliphatic hydroxyl groups is 3. The highest BCUT2D eigenvalue weighted by atomic mass is 80.0. The number of halogens is 3. The van der Waals surface area contributed by atoms with Gasteiger partial charge in [0.25, 0.3) is 5.97 Å². The van der Waals surface area contributed by atoms with Crippen molar-refractivity contribution in [2.75, 3.05) is 0 Å². The lowest BCUT2D eigenvalue weighted by molar-refractivity contribution is -0.273. The van der Waals surface area contributed by atoms with Gasteiger partial charge in [-0.1, -0.05) is 47.8 Å². The van der Waals surface area contributed by atoms with Crippen LogP contribution in [0.1, 0.15) is 0 Å². The molecule has 0 aromatic rings. The molecule has 0 aliphatic carbocycles. The van der Waals surface area contributed by atoms with Gasteiger partial charge in [0.15, 0.2) is 2.14 Å². The van der Waals surface area contributed by atoms with Gasteiger partial charge in [-0.2, -0.15) is 0 Å². The molecule has 0 aromatic carbocycles. The summed E-state index contributed by atoms with van der Waals surface area (Å²) in [7, 11) is 0. The molecule has 0 spiro atoms. The van der Waals surface area contributed by atoms with Crippen molar-refractivity contribution in [1.82, 2.24) is 0 Å². The molecule has 0 fully saturated rings. The Labute approximate surface area is 83.1 Å². The second-order valence-electron chi connectivity index (χ2n) is 1.56. The number of allylic oxidation sites excluding steroid dienone is 1. The van der Waals surface area contributed by atoms with E-state index in [9.17, 15) is 0 Å². The summed E-state index contributed by atoms with van der Waals surface area (Å²) in [6.45, 7) is 0. The Hall–Kier alpha value is 1.06. The Morgan fingerprint density at radius 3 is 1.40 bits per heavy atom. The third-order valence-electron chi connectivity index (χ3n) is 0.496. The normalized spacial score (nSPS) is 14.6. The fourth-order valence-electron chi connectivity index (χ4n) is 0.206. The molecule has 0 saturated heterocycles. The van der Waals surface area contributed by atoms with Crippen LogP contribution >= 0.6 is 47.8 Å². The van der Waals surface area contributed by atoms with E-state index in [0.29, 0.717) is 0 Å². The molecular weight excluding hydrogens is 336 g/mol. The van der Waals surface area contributed by atoms with E-state index in [1.165, 1.54) is 6.08 Å². The van der Waals surface area contributed by atoms with Gasteiger partial charge in [-0.15, -0.1) is 0 Å². The molecule has 0 heterocycles. The second-order valence-corrected chi connectivity index (χ2v) is 8.51. The monoisotopic (exact) mass is 338 g/mol. The molecule has 0 atom stereocenters. The van der Waals surface area contributed by atoms with Crippen LogP contribution in [0.4, 0.5) is 0 Å². The second kappa shape index (κ2) is 3.64. The summed E-state index contributed by atoms with van der Waals surface area (Å²) in [6, 6.07) is 0. The van der Waals surface area contributed by atoms with Crippen molar-refractivity contribution in [2.45, 2.75) is 8.12 Å². The molecule has 0 aromatic heterocycles. The highest BCUT2D eigenvalue weighted by Gasteiger charge is 2.18. The van der Waals surface area contributed by atoms with Crippen LogP contribution in [0.3, 0.4) is 0 Å². The van der Waals surface area contributed by atoms with E-state index in [2.05, 4.69) is 47.8 Å². The molecule has 0 aliphatic rings. The zero-order chi connectivity index (χ0) is 8.41. The first-order chi connectivity index (χ1) is 4.21. The van der Waals surface area contributed by atoms with Crippen molar-refractivity contribution in [2.24, 2.45) is 0 Å². The highest BCUT2D eigenvalue weighted by molar-refractivity contribution is 9.39. The van der Waals surface area contributed by atoms with E-state index in [1.807, 2.05) is 0 Å². The third kappa shape index (κ3) is 9.06. The SMILES string of the molecule is OC(O)(O)C=CC(Br)(Br)Br. The van der Waals surface area contributed by atoms with Gasteiger partial charge in [0, 0.05) is 6.08 Å². The Kier molecular flexibility index (Phi) is 4.03. The van der Waals surface area contributed by atoms with Crippen molar-refractivity contribution in [1.29, 1.82) is 0 Å². The van der Waals surface area contributed by atoms with Crippen LogP contribution in [0.15, 0.2) is 12.2 Å². The van der Waals surface area contributed by atoms with Gasteiger partial charge < -0.3 is 15.3 Å². The zero-order valence-electron chi connectivity index (χ0n) is 4.63. The smallest absolute Gasteiger partial charge is 0.297 e.